The van der Waals surface area contributed by atoms with Crippen molar-refractivity contribution in [2.24, 2.45) is 5.92 Å². The molecule has 1 saturated carbocycles. The highest BCUT2D eigenvalue weighted by atomic mass is 16.7. The van der Waals surface area contributed by atoms with Gasteiger partial charge in [0, 0.05) is 0 Å². The molecular weight excluding hydrogens is 175 g/mol. The third-order valence-corrected chi connectivity index (χ3v) is 3.43. The zero-order valence-corrected chi connectivity index (χ0v) is 9.54. The summed E-state index contributed by atoms with van der Waals surface area (Å²) in [6.45, 7) is 8.33. The second kappa shape index (κ2) is 3.11. The molecule has 0 atom stereocenters. The predicted molar refractivity (Wildman–Crippen MR) is 57.9 cm³/mol. The number of allylic oxidation sites excluding steroid dienone is 1. The Bertz CT molecular complexity index is 238. The van der Waals surface area contributed by atoms with E-state index >= 15 is 0 Å². The molecule has 1 heterocycles. The average Bonchev–Trinajstić information content (AvgIpc) is 2.77. The average molecular weight is 194 g/mol. The molecule has 3 heteroatoms. The maximum atomic E-state index is 5.83. The molecule has 0 amide bonds. The fourth-order valence-electron chi connectivity index (χ4n) is 1.50. The van der Waals surface area contributed by atoms with Crippen LogP contribution in [0.15, 0.2) is 12.1 Å². The van der Waals surface area contributed by atoms with Crippen molar-refractivity contribution in [2.75, 3.05) is 0 Å². The van der Waals surface area contributed by atoms with Crippen LogP contribution in [0.2, 0.25) is 0 Å². The summed E-state index contributed by atoms with van der Waals surface area (Å²) in [4.78, 5) is 0. The van der Waals surface area contributed by atoms with Gasteiger partial charge in [0.25, 0.3) is 0 Å². The Hall–Kier alpha value is -0.275. The van der Waals surface area contributed by atoms with Crippen LogP contribution in [0.3, 0.4) is 0 Å². The van der Waals surface area contributed by atoms with Crippen molar-refractivity contribution in [3.05, 3.63) is 12.1 Å². The summed E-state index contributed by atoms with van der Waals surface area (Å²) >= 11 is 0. The van der Waals surface area contributed by atoms with Crippen molar-refractivity contribution >= 4 is 7.12 Å². The third-order valence-electron chi connectivity index (χ3n) is 3.43. The number of rotatable bonds is 2. The summed E-state index contributed by atoms with van der Waals surface area (Å²) in [7, 11) is -0.152. The molecular formula is C11H19BO2. The zero-order chi connectivity index (χ0) is 10.4. The fraction of sp³-hybridized carbons (Fsp3) is 0.818. The van der Waals surface area contributed by atoms with Crippen LogP contribution in [0.25, 0.3) is 0 Å². The summed E-state index contributed by atoms with van der Waals surface area (Å²) in [6.07, 6.45) is 4.88. The molecule has 14 heavy (non-hydrogen) atoms. The van der Waals surface area contributed by atoms with Crippen LogP contribution in [-0.4, -0.2) is 18.3 Å². The first kappa shape index (κ1) is 10.2. The van der Waals surface area contributed by atoms with Gasteiger partial charge in [-0.1, -0.05) is 12.1 Å². The van der Waals surface area contributed by atoms with Crippen molar-refractivity contribution in [2.45, 2.75) is 51.7 Å². The SMILES string of the molecule is CC1(C)OB(C=CC2CC2)OC1(C)C. The normalized spacial score (nSPS) is 30.1. The van der Waals surface area contributed by atoms with Gasteiger partial charge in [-0.25, -0.2) is 0 Å². The Morgan fingerprint density at radius 2 is 1.57 bits per heavy atom. The molecule has 0 bridgehead atoms. The van der Waals surface area contributed by atoms with Gasteiger partial charge in [-0.05, 0) is 46.5 Å². The second-order valence-electron chi connectivity index (χ2n) is 5.35. The number of hydrogen-bond acceptors (Lipinski definition) is 2. The van der Waals surface area contributed by atoms with Gasteiger partial charge in [-0.2, -0.15) is 0 Å². The minimum absolute atomic E-state index is 0.152. The van der Waals surface area contributed by atoms with Crippen LogP contribution in [0.5, 0.6) is 0 Å². The second-order valence-corrected chi connectivity index (χ2v) is 5.35. The van der Waals surface area contributed by atoms with Crippen LogP contribution in [0.4, 0.5) is 0 Å². The summed E-state index contributed by atoms with van der Waals surface area (Å²) in [5.41, 5.74) is -0.406. The maximum Gasteiger partial charge on any atom is 0.486 e. The molecule has 2 aliphatic rings. The molecule has 0 N–H and O–H groups in total. The van der Waals surface area contributed by atoms with E-state index in [0.29, 0.717) is 0 Å². The van der Waals surface area contributed by atoms with Gasteiger partial charge >= 0.3 is 7.12 Å². The highest BCUT2D eigenvalue weighted by molar-refractivity contribution is 6.51. The molecule has 0 spiro atoms. The van der Waals surface area contributed by atoms with E-state index in [4.69, 9.17) is 9.31 Å². The van der Waals surface area contributed by atoms with Gasteiger partial charge in [0.2, 0.25) is 0 Å². The van der Waals surface area contributed by atoms with E-state index < -0.39 is 0 Å². The summed E-state index contributed by atoms with van der Waals surface area (Å²) in [5.74, 6) is 2.85. The summed E-state index contributed by atoms with van der Waals surface area (Å²) in [5, 5.41) is 0. The largest absolute Gasteiger partial charge is 0.486 e. The molecule has 0 aromatic rings. The van der Waals surface area contributed by atoms with Gasteiger partial charge in [-0.3, -0.25) is 0 Å². The molecule has 0 unspecified atom stereocenters. The minimum atomic E-state index is -0.203. The summed E-state index contributed by atoms with van der Waals surface area (Å²) in [6, 6.07) is 0. The van der Waals surface area contributed by atoms with E-state index in [2.05, 4.69) is 39.7 Å². The molecule has 78 valence electrons. The van der Waals surface area contributed by atoms with E-state index in [1.807, 2.05) is 0 Å². The fourth-order valence-corrected chi connectivity index (χ4v) is 1.50. The van der Waals surface area contributed by atoms with Crippen LogP contribution in [0, 0.1) is 5.92 Å². The predicted octanol–water partition coefficient (Wildman–Crippen LogP) is 2.58. The van der Waals surface area contributed by atoms with Crippen LogP contribution in [0.1, 0.15) is 40.5 Å². The van der Waals surface area contributed by atoms with E-state index in [0.717, 1.165) is 5.92 Å². The Labute approximate surface area is 86.8 Å². The Balaban J connectivity index is 1.98. The van der Waals surface area contributed by atoms with Gasteiger partial charge in [-0.15, -0.1) is 0 Å². The smallest absolute Gasteiger partial charge is 0.400 e. The Kier molecular flexibility index (Phi) is 2.28. The highest BCUT2D eigenvalue weighted by Crippen LogP contribution is 2.37. The van der Waals surface area contributed by atoms with E-state index in [1.165, 1.54) is 12.8 Å². The molecule has 1 saturated heterocycles. The monoisotopic (exact) mass is 194 g/mol. The molecule has 0 radical (unpaired) electrons. The highest BCUT2D eigenvalue weighted by Gasteiger charge is 2.50. The molecule has 1 aliphatic heterocycles. The lowest BCUT2D eigenvalue weighted by atomic mass is 9.89. The molecule has 0 aromatic carbocycles. The van der Waals surface area contributed by atoms with Gasteiger partial charge in [0.1, 0.15) is 0 Å². The van der Waals surface area contributed by atoms with Crippen molar-refractivity contribution in [3.63, 3.8) is 0 Å². The Morgan fingerprint density at radius 1 is 1.07 bits per heavy atom. The van der Waals surface area contributed by atoms with Gasteiger partial charge in [0.15, 0.2) is 0 Å². The van der Waals surface area contributed by atoms with Crippen LogP contribution in [-0.2, 0) is 9.31 Å². The molecule has 2 fully saturated rings. The van der Waals surface area contributed by atoms with Crippen molar-refractivity contribution < 1.29 is 9.31 Å². The maximum absolute atomic E-state index is 5.83. The first-order valence-electron chi connectivity index (χ1n) is 5.45. The van der Waals surface area contributed by atoms with Crippen LogP contribution >= 0.6 is 0 Å². The van der Waals surface area contributed by atoms with Crippen LogP contribution < -0.4 is 0 Å². The number of hydrogen-bond donors (Lipinski definition) is 0. The Morgan fingerprint density at radius 3 is 2.00 bits per heavy atom. The van der Waals surface area contributed by atoms with Crippen molar-refractivity contribution in [1.82, 2.24) is 0 Å². The third kappa shape index (κ3) is 1.89. The topological polar surface area (TPSA) is 18.5 Å². The first-order valence-corrected chi connectivity index (χ1v) is 5.45. The minimum Gasteiger partial charge on any atom is -0.400 e. The first-order chi connectivity index (χ1) is 6.41. The molecule has 2 rings (SSSR count). The molecule has 2 nitrogen and oxygen atoms in total. The lowest BCUT2D eigenvalue weighted by Gasteiger charge is -2.32. The standard InChI is InChI=1S/C11H19BO2/c1-10(2)11(3,4)14-12(13-10)8-7-9-5-6-9/h7-9H,5-6H2,1-4H3. The van der Waals surface area contributed by atoms with E-state index in [-0.39, 0.29) is 18.3 Å². The van der Waals surface area contributed by atoms with Crippen molar-refractivity contribution in [3.8, 4) is 0 Å². The lowest BCUT2D eigenvalue weighted by Crippen LogP contribution is -2.41. The zero-order valence-electron chi connectivity index (χ0n) is 9.54. The van der Waals surface area contributed by atoms with E-state index in [1.54, 1.807) is 0 Å². The molecule has 1 aliphatic carbocycles. The van der Waals surface area contributed by atoms with Gasteiger partial charge in [0.05, 0.1) is 11.2 Å². The van der Waals surface area contributed by atoms with E-state index in [9.17, 15) is 0 Å². The van der Waals surface area contributed by atoms with Gasteiger partial charge < -0.3 is 9.31 Å². The quantitative estimate of drug-likeness (QED) is 0.629. The summed E-state index contributed by atoms with van der Waals surface area (Å²) < 4.78 is 11.7. The molecule has 0 aromatic heterocycles. The lowest BCUT2D eigenvalue weighted by molar-refractivity contribution is 0.00578. The van der Waals surface area contributed by atoms with Crippen molar-refractivity contribution in [1.29, 1.82) is 0 Å².